The van der Waals surface area contributed by atoms with Crippen LogP contribution in [0.25, 0.3) is 0 Å². The lowest BCUT2D eigenvalue weighted by atomic mass is 10.0. The van der Waals surface area contributed by atoms with E-state index in [2.05, 4.69) is 20.9 Å². The van der Waals surface area contributed by atoms with Gasteiger partial charge in [-0.05, 0) is 38.8 Å². The zero-order chi connectivity index (χ0) is 12.8. The third kappa shape index (κ3) is 4.23. The minimum Gasteiger partial charge on any atom is -0.358 e. The van der Waals surface area contributed by atoms with Crippen molar-refractivity contribution < 1.29 is 4.79 Å². The summed E-state index contributed by atoms with van der Waals surface area (Å²) in [7, 11) is 1.70. The molecule has 0 aromatic rings. The van der Waals surface area contributed by atoms with Crippen LogP contribution >= 0.6 is 0 Å². The van der Waals surface area contributed by atoms with Gasteiger partial charge in [-0.3, -0.25) is 9.69 Å². The zero-order valence-corrected chi connectivity index (χ0v) is 11.4. The lowest BCUT2D eigenvalue weighted by Gasteiger charge is -2.35. The van der Waals surface area contributed by atoms with E-state index in [1.54, 1.807) is 7.05 Å². The van der Waals surface area contributed by atoms with Crippen molar-refractivity contribution in [2.75, 3.05) is 39.8 Å². The minimum absolute atomic E-state index is 0.125. The van der Waals surface area contributed by atoms with Crippen molar-refractivity contribution in [2.24, 2.45) is 0 Å². The summed E-state index contributed by atoms with van der Waals surface area (Å²) in [5, 5.41) is 9.86. The number of hydrogen-bond donors (Lipinski definition) is 3. The van der Waals surface area contributed by atoms with Crippen molar-refractivity contribution in [3.05, 3.63) is 0 Å². The Balaban J connectivity index is 1.65. The Morgan fingerprint density at radius 3 is 2.39 bits per heavy atom. The van der Waals surface area contributed by atoms with E-state index >= 15 is 0 Å². The van der Waals surface area contributed by atoms with Crippen LogP contribution in [0.15, 0.2) is 0 Å². The van der Waals surface area contributed by atoms with Gasteiger partial charge in [0.25, 0.3) is 0 Å². The predicted octanol–water partition coefficient (Wildman–Crippen LogP) is -0.462. The molecule has 2 saturated heterocycles. The molecule has 5 nitrogen and oxygen atoms in total. The van der Waals surface area contributed by atoms with Gasteiger partial charge in [-0.25, -0.2) is 0 Å². The molecule has 1 amide bonds. The average Bonchev–Trinajstić information content (AvgIpc) is 2.42. The van der Waals surface area contributed by atoms with Crippen LogP contribution in [0.1, 0.15) is 25.7 Å². The summed E-state index contributed by atoms with van der Waals surface area (Å²) in [5.74, 6) is 0.125. The first-order valence-electron chi connectivity index (χ1n) is 7.17. The SMILES string of the molecule is CNC(=O)CN1CCC(NC2CCNCC2)CC1. The van der Waals surface area contributed by atoms with E-state index in [1.165, 1.54) is 25.7 Å². The molecule has 104 valence electrons. The number of likely N-dealkylation sites (N-methyl/N-ethyl adjacent to an activating group) is 1. The fourth-order valence-electron chi connectivity index (χ4n) is 2.86. The average molecular weight is 254 g/mol. The number of likely N-dealkylation sites (tertiary alicyclic amines) is 1. The number of hydrogen-bond acceptors (Lipinski definition) is 4. The van der Waals surface area contributed by atoms with Crippen molar-refractivity contribution >= 4 is 5.91 Å². The van der Waals surface area contributed by atoms with Crippen molar-refractivity contribution in [3.8, 4) is 0 Å². The summed E-state index contributed by atoms with van der Waals surface area (Å²) >= 11 is 0. The molecule has 2 heterocycles. The van der Waals surface area contributed by atoms with Crippen LogP contribution in [0.2, 0.25) is 0 Å². The molecule has 3 N–H and O–H groups in total. The highest BCUT2D eigenvalue weighted by molar-refractivity contribution is 5.77. The second kappa shape index (κ2) is 7.07. The highest BCUT2D eigenvalue weighted by Crippen LogP contribution is 2.13. The maximum atomic E-state index is 11.3. The number of nitrogens with zero attached hydrogens (tertiary/aromatic N) is 1. The van der Waals surface area contributed by atoms with Gasteiger partial charge in [0.15, 0.2) is 0 Å². The van der Waals surface area contributed by atoms with Gasteiger partial charge in [-0.2, -0.15) is 0 Å². The van der Waals surface area contributed by atoms with E-state index < -0.39 is 0 Å². The maximum Gasteiger partial charge on any atom is 0.233 e. The van der Waals surface area contributed by atoms with E-state index in [1.807, 2.05) is 0 Å². The van der Waals surface area contributed by atoms with Crippen LogP contribution in [-0.2, 0) is 4.79 Å². The van der Waals surface area contributed by atoms with E-state index in [0.29, 0.717) is 18.6 Å². The Morgan fingerprint density at radius 1 is 1.17 bits per heavy atom. The van der Waals surface area contributed by atoms with E-state index in [9.17, 15) is 4.79 Å². The number of rotatable bonds is 4. The third-order valence-corrected chi connectivity index (χ3v) is 4.04. The number of amides is 1. The standard InChI is InChI=1S/C13H26N4O/c1-14-13(18)10-17-8-4-12(5-9-17)16-11-2-6-15-7-3-11/h11-12,15-16H,2-10H2,1H3,(H,14,18). The Labute approximate surface area is 110 Å². The molecule has 2 aliphatic heterocycles. The summed E-state index contributed by atoms with van der Waals surface area (Å²) < 4.78 is 0. The molecule has 18 heavy (non-hydrogen) atoms. The largest absolute Gasteiger partial charge is 0.358 e. The highest BCUT2D eigenvalue weighted by atomic mass is 16.1. The lowest BCUT2D eigenvalue weighted by molar-refractivity contribution is -0.122. The summed E-state index contributed by atoms with van der Waals surface area (Å²) in [4.78, 5) is 13.6. The molecule has 0 spiro atoms. The summed E-state index contributed by atoms with van der Waals surface area (Å²) in [6.07, 6.45) is 4.83. The highest BCUT2D eigenvalue weighted by Gasteiger charge is 2.23. The number of nitrogens with one attached hydrogen (secondary N) is 3. The first kappa shape index (κ1) is 13.8. The van der Waals surface area contributed by atoms with E-state index in [0.717, 1.165) is 26.2 Å². The normalized spacial score (nSPS) is 24.1. The topological polar surface area (TPSA) is 56.4 Å². The van der Waals surface area contributed by atoms with Gasteiger partial charge in [-0.15, -0.1) is 0 Å². The molecule has 0 aromatic heterocycles. The Kier molecular flexibility index (Phi) is 5.41. The predicted molar refractivity (Wildman–Crippen MR) is 72.6 cm³/mol. The molecule has 2 fully saturated rings. The Bertz CT molecular complexity index is 258. The van der Waals surface area contributed by atoms with Crippen LogP contribution in [0.4, 0.5) is 0 Å². The molecule has 0 aromatic carbocycles. The first-order valence-corrected chi connectivity index (χ1v) is 7.17. The number of carbonyl (C=O) groups excluding carboxylic acids is 1. The second-order valence-corrected chi connectivity index (χ2v) is 5.41. The van der Waals surface area contributed by atoms with E-state index in [-0.39, 0.29) is 5.91 Å². The van der Waals surface area contributed by atoms with Gasteiger partial charge >= 0.3 is 0 Å². The van der Waals surface area contributed by atoms with Gasteiger partial charge in [0.05, 0.1) is 6.54 Å². The van der Waals surface area contributed by atoms with Crippen LogP contribution in [0, 0.1) is 0 Å². The smallest absolute Gasteiger partial charge is 0.233 e. The first-order chi connectivity index (χ1) is 8.78. The zero-order valence-electron chi connectivity index (χ0n) is 11.4. The van der Waals surface area contributed by atoms with Crippen molar-refractivity contribution in [2.45, 2.75) is 37.8 Å². The van der Waals surface area contributed by atoms with Crippen molar-refractivity contribution in [1.29, 1.82) is 0 Å². The molecule has 2 aliphatic rings. The van der Waals surface area contributed by atoms with Crippen LogP contribution in [0.3, 0.4) is 0 Å². The fourth-order valence-corrected chi connectivity index (χ4v) is 2.86. The summed E-state index contributed by atoms with van der Waals surface area (Å²) in [5.41, 5.74) is 0. The quantitative estimate of drug-likeness (QED) is 0.635. The van der Waals surface area contributed by atoms with Crippen LogP contribution < -0.4 is 16.0 Å². The maximum absolute atomic E-state index is 11.3. The summed E-state index contributed by atoms with van der Waals surface area (Å²) in [6.45, 7) is 4.92. The monoisotopic (exact) mass is 254 g/mol. The van der Waals surface area contributed by atoms with Crippen molar-refractivity contribution in [3.63, 3.8) is 0 Å². The molecule has 2 rings (SSSR count). The molecular weight excluding hydrogens is 228 g/mol. The van der Waals surface area contributed by atoms with Gasteiger partial charge in [0, 0.05) is 32.2 Å². The molecule has 0 saturated carbocycles. The fraction of sp³-hybridized carbons (Fsp3) is 0.923. The molecule has 0 radical (unpaired) electrons. The van der Waals surface area contributed by atoms with Gasteiger partial charge in [0.2, 0.25) is 5.91 Å². The Hall–Kier alpha value is -0.650. The van der Waals surface area contributed by atoms with Gasteiger partial charge in [0.1, 0.15) is 0 Å². The molecular formula is C13H26N4O. The Morgan fingerprint density at radius 2 is 1.78 bits per heavy atom. The third-order valence-electron chi connectivity index (χ3n) is 4.04. The number of piperidine rings is 2. The lowest BCUT2D eigenvalue weighted by Crippen LogP contribution is -2.50. The van der Waals surface area contributed by atoms with Crippen LogP contribution in [-0.4, -0.2) is 62.7 Å². The molecule has 0 bridgehead atoms. The number of carbonyl (C=O) groups is 1. The molecule has 0 atom stereocenters. The van der Waals surface area contributed by atoms with Gasteiger partial charge in [-0.1, -0.05) is 0 Å². The second-order valence-electron chi connectivity index (χ2n) is 5.41. The molecule has 5 heteroatoms. The van der Waals surface area contributed by atoms with Gasteiger partial charge < -0.3 is 16.0 Å². The minimum atomic E-state index is 0.125. The molecule has 0 unspecified atom stereocenters. The summed E-state index contributed by atoms with van der Waals surface area (Å²) in [6, 6.07) is 1.34. The van der Waals surface area contributed by atoms with Crippen molar-refractivity contribution in [1.82, 2.24) is 20.9 Å². The van der Waals surface area contributed by atoms with Crippen LogP contribution in [0.5, 0.6) is 0 Å². The molecule has 0 aliphatic carbocycles. The van der Waals surface area contributed by atoms with E-state index in [4.69, 9.17) is 0 Å².